The lowest BCUT2D eigenvalue weighted by molar-refractivity contribution is -0.0528. The number of fused-ring (bicyclic) bond motifs is 1. The highest BCUT2D eigenvalue weighted by atomic mass is 16.7. The molecule has 0 radical (unpaired) electrons. The van der Waals surface area contributed by atoms with Crippen molar-refractivity contribution in [1.29, 1.82) is 5.26 Å². The van der Waals surface area contributed by atoms with Crippen molar-refractivity contribution < 1.29 is 4.84 Å². The largest absolute Gasteiger partial charge is 0.389 e. The third kappa shape index (κ3) is 4.52. The zero-order valence-corrected chi connectivity index (χ0v) is 22.4. The van der Waals surface area contributed by atoms with Gasteiger partial charge >= 0.3 is 0 Å². The van der Waals surface area contributed by atoms with Gasteiger partial charge in [0.15, 0.2) is 0 Å². The molecule has 0 amide bonds. The number of nitriles is 1. The van der Waals surface area contributed by atoms with E-state index in [2.05, 4.69) is 40.4 Å². The smallest absolute Gasteiger partial charge is 0.259 e. The minimum atomic E-state index is -0.217. The van der Waals surface area contributed by atoms with Crippen LogP contribution < -0.4 is 5.56 Å². The molecular weight excluding hydrogens is 488 g/mol. The molecule has 8 heteroatoms. The first-order chi connectivity index (χ1) is 19.0. The topological polar surface area (TPSA) is 97.6 Å². The van der Waals surface area contributed by atoms with Crippen LogP contribution in [0.4, 0.5) is 0 Å². The second-order valence-electron chi connectivity index (χ2n) is 10.9. The molecular formula is C31H32N6O2. The summed E-state index contributed by atoms with van der Waals surface area (Å²) in [4.78, 5) is 24.6. The van der Waals surface area contributed by atoms with Gasteiger partial charge in [-0.2, -0.15) is 15.3 Å². The maximum absolute atomic E-state index is 14.2. The Bertz CT molecular complexity index is 1650. The molecule has 6 rings (SSSR count). The summed E-state index contributed by atoms with van der Waals surface area (Å²) in [6, 6.07) is 18.1. The summed E-state index contributed by atoms with van der Waals surface area (Å²) in [5.41, 5.74) is 6.14. The van der Waals surface area contributed by atoms with E-state index in [0.717, 1.165) is 78.6 Å². The van der Waals surface area contributed by atoms with Crippen LogP contribution in [0.5, 0.6) is 0 Å². The molecule has 1 spiro atoms. The highest BCUT2D eigenvalue weighted by molar-refractivity contribution is 5.83. The molecule has 0 saturated heterocycles. The van der Waals surface area contributed by atoms with Crippen molar-refractivity contribution >= 4 is 11.5 Å². The average molecular weight is 521 g/mol. The molecule has 1 aliphatic heterocycles. The first kappa shape index (κ1) is 25.1. The fourth-order valence-corrected chi connectivity index (χ4v) is 6.28. The number of hydrogen-bond donors (Lipinski definition) is 0. The molecule has 0 atom stereocenters. The van der Waals surface area contributed by atoms with Crippen molar-refractivity contribution in [2.45, 2.75) is 76.9 Å². The molecule has 0 unspecified atom stereocenters. The van der Waals surface area contributed by atoms with Crippen LogP contribution in [0.15, 0.2) is 64.8 Å². The first-order valence-electron chi connectivity index (χ1n) is 13.8. The monoisotopic (exact) mass is 520 g/mol. The number of rotatable bonds is 6. The summed E-state index contributed by atoms with van der Waals surface area (Å²) in [5.74, 6) is 0.622. The van der Waals surface area contributed by atoms with Crippen LogP contribution in [0.2, 0.25) is 0 Å². The highest BCUT2D eigenvalue weighted by Crippen LogP contribution is 2.42. The van der Waals surface area contributed by atoms with Gasteiger partial charge in [0.05, 0.1) is 23.0 Å². The summed E-state index contributed by atoms with van der Waals surface area (Å²) >= 11 is 0. The SMILES string of the molecule is CCCc1c(Cc2ccc(-c3ccccc3C#N)cc2)c(=O)n([C@H]2CC[C@]3(CC2)CC(C)=NO3)c2ncnn12. The third-order valence-electron chi connectivity index (χ3n) is 8.21. The van der Waals surface area contributed by atoms with Crippen LogP contribution in [0.1, 0.15) is 80.8 Å². The number of aromatic nitrogens is 4. The second-order valence-corrected chi connectivity index (χ2v) is 10.9. The Kier molecular flexibility index (Phi) is 6.51. The van der Waals surface area contributed by atoms with Gasteiger partial charge in [-0.3, -0.25) is 9.36 Å². The molecule has 1 saturated carbocycles. The van der Waals surface area contributed by atoms with Crippen LogP contribution in [0.3, 0.4) is 0 Å². The van der Waals surface area contributed by atoms with E-state index in [1.165, 1.54) is 0 Å². The minimum absolute atomic E-state index is 0.0265. The molecule has 39 heavy (non-hydrogen) atoms. The Hall–Kier alpha value is -4.25. The maximum Gasteiger partial charge on any atom is 0.259 e. The Morgan fingerprint density at radius 2 is 1.90 bits per heavy atom. The van der Waals surface area contributed by atoms with Gasteiger partial charge in [-0.25, -0.2) is 4.52 Å². The van der Waals surface area contributed by atoms with Crippen molar-refractivity contribution in [3.8, 4) is 17.2 Å². The van der Waals surface area contributed by atoms with E-state index in [-0.39, 0.29) is 17.2 Å². The average Bonchev–Trinajstić information content (AvgIpc) is 3.59. The predicted molar refractivity (Wildman–Crippen MR) is 150 cm³/mol. The number of aryl methyl sites for hydroxylation is 1. The number of oxime groups is 1. The van der Waals surface area contributed by atoms with Crippen LogP contribution >= 0.6 is 0 Å². The zero-order valence-electron chi connectivity index (χ0n) is 22.4. The van der Waals surface area contributed by atoms with E-state index in [4.69, 9.17) is 4.84 Å². The Morgan fingerprint density at radius 1 is 1.13 bits per heavy atom. The van der Waals surface area contributed by atoms with Gasteiger partial charge in [0.25, 0.3) is 5.56 Å². The summed E-state index contributed by atoms with van der Waals surface area (Å²) in [7, 11) is 0. The fraction of sp³-hybridized carbons (Fsp3) is 0.387. The van der Waals surface area contributed by atoms with Crippen LogP contribution in [-0.2, 0) is 17.7 Å². The lowest BCUT2D eigenvalue weighted by Crippen LogP contribution is -2.39. The first-order valence-corrected chi connectivity index (χ1v) is 13.8. The minimum Gasteiger partial charge on any atom is -0.389 e. The van der Waals surface area contributed by atoms with Gasteiger partial charge in [-0.1, -0.05) is 61.0 Å². The lowest BCUT2D eigenvalue weighted by atomic mass is 9.79. The van der Waals surface area contributed by atoms with Crippen LogP contribution in [-0.4, -0.2) is 30.5 Å². The molecule has 2 aromatic carbocycles. The van der Waals surface area contributed by atoms with E-state index >= 15 is 0 Å². The number of hydrogen-bond acceptors (Lipinski definition) is 6. The third-order valence-corrected chi connectivity index (χ3v) is 8.21. The zero-order chi connectivity index (χ0) is 27.0. The van der Waals surface area contributed by atoms with Gasteiger partial charge in [-0.15, -0.1) is 0 Å². The Labute approximate surface area is 227 Å². The maximum atomic E-state index is 14.2. The molecule has 8 nitrogen and oxygen atoms in total. The van der Waals surface area contributed by atoms with Crippen molar-refractivity contribution in [3.63, 3.8) is 0 Å². The van der Waals surface area contributed by atoms with E-state index < -0.39 is 0 Å². The van der Waals surface area contributed by atoms with E-state index in [0.29, 0.717) is 17.8 Å². The standard InChI is InChI=1S/C31H32N6O2/c1-3-6-28-27(17-22-9-11-23(12-10-22)26-8-5-4-7-24(26)19-32)29(38)36(30-33-20-34-37(28)30)25-13-15-31(16-14-25)18-21(2)35-39-31/h4-5,7-12,20,25H,3,6,13-18H2,1-2H3/t25-,31-. The number of benzene rings is 2. The van der Waals surface area contributed by atoms with Crippen molar-refractivity contribution in [2.75, 3.05) is 0 Å². The summed E-state index contributed by atoms with van der Waals surface area (Å²) in [5, 5.41) is 18.3. The van der Waals surface area contributed by atoms with E-state index in [9.17, 15) is 10.1 Å². The van der Waals surface area contributed by atoms with Crippen molar-refractivity contribution in [3.05, 3.63) is 87.6 Å². The molecule has 198 valence electrons. The van der Waals surface area contributed by atoms with E-state index in [1.807, 2.05) is 52.4 Å². The fourth-order valence-electron chi connectivity index (χ4n) is 6.28. The van der Waals surface area contributed by atoms with Gasteiger partial charge in [0, 0.05) is 24.4 Å². The van der Waals surface area contributed by atoms with E-state index in [1.54, 1.807) is 6.33 Å². The normalized spacial score (nSPS) is 20.6. The van der Waals surface area contributed by atoms with Crippen LogP contribution in [0.25, 0.3) is 16.9 Å². The Balaban J connectivity index is 1.35. The lowest BCUT2D eigenvalue weighted by Gasteiger charge is -2.35. The molecule has 2 aromatic heterocycles. The Morgan fingerprint density at radius 3 is 2.59 bits per heavy atom. The summed E-state index contributed by atoms with van der Waals surface area (Å²) in [6.45, 7) is 4.13. The molecule has 4 aromatic rings. The summed E-state index contributed by atoms with van der Waals surface area (Å²) in [6.07, 6.45) is 7.98. The van der Waals surface area contributed by atoms with Gasteiger partial charge in [0.1, 0.15) is 11.9 Å². The van der Waals surface area contributed by atoms with Crippen LogP contribution in [0, 0.1) is 11.3 Å². The molecule has 2 aliphatic rings. The van der Waals surface area contributed by atoms with Gasteiger partial charge in [-0.05, 0) is 61.8 Å². The van der Waals surface area contributed by atoms with Gasteiger partial charge in [0.2, 0.25) is 5.78 Å². The van der Waals surface area contributed by atoms with Crippen molar-refractivity contribution in [1.82, 2.24) is 19.2 Å². The quantitative estimate of drug-likeness (QED) is 0.329. The molecule has 0 bridgehead atoms. The molecule has 1 aliphatic carbocycles. The number of nitrogens with zero attached hydrogens (tertiary/aromatic N) is 6. The molecule has 0 N–H and O–H groups in total. The second kappa shape index (κ2) is 10.1. The van der Waals surface area contributed by atoms with Gasteiger partial charge < -0.3 is 4.84 Å². The summed E-state index contributed by atoms with van der Waals surface area (Å²) < 4.78 is 3.76. The highest BCUT2D eigenvalue weighted by Gasteiger charge is 2.42. The predicted octanol–water partition coefficient (Wildman–Crippen LogP) is 5.62. The molecule has 3 heterocycles. The van der Waals surface area contributed by atoms with Crippen molar-refractivity contribution in [2.24, 2.45) is 5.16 Å². The molecule has 1 fully saturated rings.